The maximum absolute atomic E-state index is 14.1. The Morgan fingerprint density at radius 3 is 2.24 bits per heavy atom. The lowest BCUT2D eigenvalue weighted by molar-refractivity contribution is -0.141. The van der Waals surface area contributed by atoms with E-state index in [2.05, 4.69) is 48.3 Å². The number of carbonyl (C=O) groups excluding carboxylic acids is 3. The molecule has 2 aromatic carbocycles. The number of aromatic nitrogens is 2. The van der Waals surface area contributed by atoms with Gasteiger partial charge in [-0.1, -0.05) is 89.8 Å². The molecule has 0 aliphatic carbocycles. The van der Waals surface area contributed by atoms with Gasteiger partial charge in [0.1, 0.15) is 24.4 Å². The van der Waals surface area contributed by atoms with Gasteiger partial charge in [-0.05, 0) is 60.1 Å². The topological polar surface area (TPSA) is 151 Å². The first kappa shape index (κ1) is 40.1. The van der Waals surface area contributed by atoms with Gasteiger partial charge in [0.2, 0.25) is 11.8 Å². The molecule has 2 atom stereocenters. The van der Waals surface area contributed by atoms with E-state index < -0.39 is 36.4 Å². The Hall–Kier alpha value is -5.10. The molecule has 0 saturated carbocycles. The van der Waals surface area contributed by atoms with E-state index in [4.69, 9.17) is 9.84 Å². The Kier molecular flexibility index (Phi) is 13.9. The summed E-state index contributed by atoms with van der Waals surface area (Å²) in [5.41, 5.74) is 3.33. The lowest BCUT2D eigenvalue weighted by atomic mass is 9.95. The zero-order valence-electron chi connectivity index (χ0n) is 31.6. The number of carboxylic acid groups (broad SMARTS) is 1. The average Bonchev–Trinajstić information content (AvgIpc) is 3.87. The molecule has 11 nitrogen and oxygen atoms in total. The standard InChI is InChI=1S/C42H51N5O6S/c1-5-6-7-8-9-23-53-32-18-16-29(17-19-32)31-25-43-38(44-26-31)30-14-12-28(13-15-30)24-33(46-40(51)35-20-21-36(54-35)42(2,3)4)41(52)47-22-10-11-34(47)39(50)45-27-37(48)49/h12-21,25-26,33-34H,5-11,22-24,27H2,1-4H3,(H,45,50)(H,46,51)(H,48,49)/t33-,34-/m0/s1. The summed E-state index contributed by atoms with van der Waals surface area (Å²) in [6.07, 6.45) is 10.7. The van der Waals surface area contributed by atoms with Gasteiger partial charge in [0, 0.05) is 41.4 Å². The monoisotopic (exact) mass is 753 g/mol. The summed E-state index contributed by atoms with van der Waals surface area (Å²) in [7, 11) is 0. The summed E-state index contributed by atoms with van der Waals surface area (Å²) in [6, 6.07) is 17.4. The maximum atomic E-state index is 14.1. The Balaban J connectivity index is 1.26. The number of hydrogen-bond donors (Lipinski definition) is 3. The van der Waals surface area contributed by atoms with Crippen molar-refractivity contribution in [1.29, 1.82) is 0 Å². The van der Waals surface area contributed by atoms with Gasteiger partial charge in [0.25, 0.3) is 5.91 Å². The van der Waals surface area contributed by atoms with Crippen molar-refractivity contribution in [2.75, 3.05) is 19.7 Å². The predicted molar refractivity (Wildman–Crippen MR) is 211 cm³/mol. The quantitative estimate of drug-likeness (QED) is 0.0971. The summed E-state index contributed by atoms with van der Waals surface area (Å²) in [5, 5.41) is 14.4. The number of nitrogens with one attached hydrogen (secondary N) is 2. The van der Waals surface area contributed by atoms with Gasteiger partial charge in [-0.15, -0.1) is 11.3 Å². The number of unbranched alkanes of at least 4 members (excludes halogenated alkanes) is 4. The zero-order chi connectivity index (χ0) is 38.7. The van der Waals surface area contributed by atoms with Gasteiger partial charge in [-0.3, -0.25) is 19.2 Å². The number of aliphatic carboxylic acids is 1. The van der Waals surface area contributed by atoms with Crippen LogP contribution >= 0.6 is 11.3 Å². The number of amides is 3. The van der Waals surface area contributed by atoms with Crippen LogP contribution in [0.4, 0.5) is 0 Å². The fourth-order valence-corrected chi connectivity index (χ4v) is 7.33. The first-order valence-electron chi connectivity index (χ1n) is 18.8. The van der Waals surface area contributed by atoms with Crippen molar-refractivity contribution in [2.24, 2.45) is 0 Å². The van der Waals surface area contributed by atoms with Crippen molar-refractivity contribution < 1.29 is 29.0 Å². The molecule has 12 heteroatoms. The largest absolute Gasteiger partial charge is 0.494 e. The van der Waals surface area contributed by atoms with Crippen LogP contribution in [0.5, 0.6) is 5.75 Å². The van der Waals surface area contributed by atoms with Gasteiger partial charge in [0.15, 0.2) is 5.82 Å². The van der Waals surface area contributed by atoms with E-state index in [0.29, 0.717) is 36.7 Å². The predicted octanol–water partition coefficient (Wildman–Crippen LogP) is 7.05. The molecule has 1 fully saturated rings. The number of carbonyl (C=O) groups is 4. The molecule has 0 unspecified atom stereocenters. The van der Waals surface area contributed by atoms with Crippen LogP contribution in [0.3, 0.4) is 0 Å². The highest BCUT2D eigenvalue weighted by atomic mass is 32.1. The molecule has 0 radical (unpaired) electrons. The molecule has 286 valence electrons. The van der Waals surface area contributed by atoms with Gasteiger partial charge in [0.05, 0.1) is 11.5 Å². The van der Waals surface area contributed by atoms with E-state index in [1.807, 2.05) is 54.6 Å². The number of likely N-dealkylation sites (tertiary alicyclic amines) is 1. The molecular formula is C42H51N5O6S. The van der Waals surface area contributed by atoms with Gasteiger partial charge < -0.3 is 25.4 Å². The van der Waals surface area contributed by atoms with E-state index in [1.165, 1.54) is 41.9 Å². The molecule has 2 aromatic heterocycles. The van der Waals surface area contributed by atoms with E-state index >= 15 is 0 Å². The SMILES string of the molecule is CCCCCCCOc1ccc(-c2cnc(-c3ccc(C[C@H](NC(=O)c4ccc(C(C)(C)C)s4)C(=O)N4CCC[C@H]4C(=O)NCC(=O)O)cc3)nc2)cc1. The molecule has 3 amide bonds. The minimum Gasteiger partial charge on any atom is -0.494 e. The first-order chi connectivity index (χ1) is 25.9. The van der Waals surface area contributed by atoms with E-state index in [9.17, 15) is 19.2 Å². The number of carboxylic acids is 1. The van der Waals surface area contributed by atoms with Crippen LogP contribution in [0.15, 0.2) is 73.1 Å². The van der Waals surface area contributed by atoms with Crippen molar-refractivity contribution in [1.82, 2.24) is 25.5 Å². The Labute approximate surface area is 321 Å². The second-order valence-electron chi connectivity index (χ2n) is 14.7. The van der Waals surface area contributed by atoms with Crippen molar-refractivity contribution >= 4 is 35.0 Å². The highest BCUT2D eigenvalue weighted by Crippen LogP contribution is 2.30. The van der Waals surface area contributed by atoms with E-state index in [1.54, 1.807) is 18.5 Å². The molecule has 1 aliphatic heterocycles. The van der Waals surface area contributed by atoms with E-state index in [0.717, 1.165) is 39.3 Å². The fraction of sp³-hybridized carbons (Fsp3) is 0.429. The van der Waals surface area contributed by atoms with Crippen molar-refractivity contribution in [3.05, 3.63) is 88.4 Å². The van der Waals surface area contributed by atoms with Crippen LogP contribution in [0, 0.1) is 0 Å². The molecule has 0 spiro atoms. The highest BCUT2D eigenvalue weighted by Gasteiger charge is 2.38. The fourth-order valence-electron chi connectivity index (χ4n) is 6.37. The molecule has 1 saturated heterocycles. The first-order valence-corrected chi connectivity index (χ1v) is 19.6. The summed E-state index contributed by atoms with van der Waals surface area (Å²) in [4.78, 5) is 63.7. The van der Waals surface area contributed by atoms with Crippen molar-refractivity contribution in [2.45, 2.75) is 96.6 Å². The number of thiophene rings is 1. The van der Waals surface area contributed by atoms with Crippen LogP contribution < -0.4 is 15.4 Å². The number of hydrogen-bond acceptors (Lipinski definition) is 8. The minimum atomic E-state index is -1.17. The molecule has 3 N–H and O–H groups in total. The summed E-state index contributed by atoms with van der Waals surface area (Å²) < 4.78 is 5.90. The Morgan fingerprint density at radius 2 is 1.59 bits per heavy atom. The van der Waals surface area contributed by atoms with Gasteiger partial charge in [-0.2, -0.15) is 0 Å². The van der Waals surface area contributed by atoms with Crippen LogP contribution in [-0.2, 0) is 26.2 Å². The number of rotatable bonds is 17. The molecule has 0 bridgehead atoms. The highest BCUT2D eigenvalue weighted by molar-refractivity contribution is 7.14. The van der Waals surface area contributed by atoms with Crippen LogP contribution in [0.25, 0.3) is 22.5 Å². The number of ether oxygens (including phenoxy) is 1. The van der Waals surface area contributed by atoms with Crippen molar-refractivity contribution in [3.8, 4) is 28.3 Å². The second-order valence-corrected chi connectivity index (χ2v) is 15.8. The Morgan fingerprint density at radius 1 is 0.907 bits per heavy atom. The van der Waals surface area contributed by atoms with Crippen LogP contribution in [0.1, 0.15) is 92.8 Å². The minimum absolute atomic E-state index is 0.135. The number of benzene rings is 2. The molecule has 3 heterocycles. The lowest BCUT2D eigenvalue weighted by Gasteiger charge is -2.28. The van der Waals surface area contributed by atoms with Crippen molar-refractivity contribution in [3.63, 3.8) is 0 Å². The third kappa shape index (κ3) is 11.0. The number of nitrogens with zero attached hydrogens (tertiary/aromatic N) is 3. The normalized spacial score (nSPS) is 14.7. The van der Waals surface area contributed by atoms with Gasteiger partial charge >= 0.3 is 5.97 Å². The molecule has 5 rings (SSSR count). The lowest BCUT2D eigenvalue weighted by Crippen LogP contribution is -2.54. The summed E-state index contributed by atoms with van der Waals surface area (Å²) in [5.74, 6) is -1.06. The third-order valence-corrected chi connectivity index (χ3v) is 10.9. The van der Waals surface area contributed by atoms with Crippen LogP contribution in [-0.4, -0.2) is 75.4 Å². The smallest absolute Gasteiger partial charge is 0.322 e. The zero-order valence-corrected chi connectivity index (χ0v) is 32.4. The molecule has 4 aromatic rings. The third-order valence-electron chi connectivity index (χ3n) is 9.43. The summed E-state index contributed by atoms with van der Waals surface area (Å²) in [6.45, 7) is 8.94. The summed E-state index contributed by atoms with van der Waals surface area (Å²) >= 11 is 1.38. The molecule has 1 aliphatic rings. The maximum Gasteiger partial charge on any atom is 0.322 e. The second kappa shape index (κ2) is 18.8. The Bertz CT molecular complexity index is 1870. The molecular weight excluding hydrogens is 703 g/mol. The van der Waals surface area contributed by atoms with Gasteiger partial charge in [-0.25, -0.2) is 9.97 Å². The molecule has 54 heavy (non-hydrogen) atoms. The average molecular weight is 754 g/mol. The van der Waals surface area contributed by atoms with Crippen LogP contribution in [0.2, 0.25) is 0 Å². The van der Waals surface area contributed by atoms with E-state index in [-0.39, 0.29) is 17.7 Å².